The molecule has 0 bridgehead atoms. The number of nitrogens with two attached hydrogens (primary N) is 1. The van der Waals surface area contributed by atoms with Crippen molar-refractivity contribution < 1.29 is 9.15 Å². The number of allylic oxidation sites excluding steroid dienone is 1. The lowest BCUT2D eigenvalue weighted by Crippen LogP contribution is -2.23. The van der Waals surface area contributed by atoms with E-state index in [4.69, 9.17) is 14.9 Å². The van der Waals surface area contributed by atoms with E-state index in [0.717, 1.165) is 11.1 Å². The van der Waals surface area contributed by atoms with Crippen LogP contribution in [0.1, 0.15) is 24.1 Å². The van der Waals surface area contributed by atoms with Crippen LogP contribution >= 0.6 is 0 Å². The van der Waals surface area contributed by atoms with Crippen molar-refractivity contribution in [3.8, 4) is 23.3 Å². The fourth-order valence-corrected chi connectivity index (χ4v) is 3.24. The SMILES string of the molecule is CCOc1ccccc1C1C(C#N)=C(N)Nc2oc(-c3ccccc3)nc21. The number of benzene rings is 2. The van der Waals surface area contributed by atoms with Crippen LogP contribution in [-0.2, 0) is 0 Å². The number of rotatable bonds is 4. The van der Waals surface area contributed by atoms with E-state index in [1.165, 1.54) is 0 Å². The highest BCUT2D eigenvalue weighted by atomic mass is 16.5. The van der Waals surface area contributed by atoms with Gasteiger partial charge in [-0.05, 0) is 25.1 Å². The highest BCUT2D eigenvalue weighted by Gasteiger charge is 2.35. The van der Waals surface area contributed by atoms with Crippen LogP contribution in [0.2, 0.25) is 0 Å². The molecular formula is C21H18N4O2. The fourth-order valence-electron chi connectivity index (χ4n) is 3.24. The first kappa shape index (κ1) is 16.7. The zero-order chi connectivity index (χ0) is 18.8. The summed E-state index contributed by atoms with van der Waals surface area (Å²) in [6.07, 6.45) is 0. The smallest absolute Gasteiger partial charge is 0.229 e. The lowest BCUT2D eigenvalue weighted by molar-refractivity contribution is 0.336. The number of para-hydroxylation sites is 1. The second-order valence-electron chi connectivity index (χ2n) is 6.07. The fraction of sp³-hybridized carbons (Fsp3) is 0.143. The monoisotopic (exact) mass is 358 g/mol. The summed E-state index contributed by atoms with van der Waals surface area (Å²) in [7, 11) is 0. The highest BCUT2D eigenvalue weighted by Crippen LogP contribution is 2.44. The minimum Gasteiger partial charge on any atom is -0.494 e. The average Bonchev–Trinajstić information content (AvgIpc) is 3.12. The molecule has 1 atom stereocenters. The zero-order valence-electron chi connectivity index (χ0n) is 14.8. The van der Waals surface area contributed by atoms with Gasteiger partial charge in [0, 0.05) is 11.1 Å². The first-order chi connectivity index (χ1) is 13.2. The third-order valence-corrected chi connectivity index (χ3v) is 4.42. The van der Waals surface area contributed by atoms with Crippen LogP contribution in [0.25, 0.3) is 11.5 Å². The lowest BCUT2D eigenvalue weighted by Gasteiger charge is -2.24. The van der Waals surface area contributed by atoms with Gasteiger partial charge in [0.1, 0.15) is 17.3 Å². The van der Waals surface area contributed by atoms with Crippen LogP contribution in [0.15, 0.2) is 70.4 Å². The van der Waals surface area contributed by atoms with Gasteiger partial charge in [-0.15, -0.1) is 0 Å². The van der Waals surface area contributed by atoms with Gasteiger partial charge in [-0.25, -0.2) is 4.98 Å². The molecule has 2 aromatic carbocycles. The maximum absolute atomic E-state index is 9.74. The number of nitrogens with zero attached hydrogens (tertiary/aromatic N) is 2. The Labute approximate surface area is 156 Å². The van der Waals surface area contributed by atoms with Gasteiger partial charge in [0.25, 0.3) is 0 Å². The van der Waals surface area contributed by atoms with Gasteiger partial charge >= 0.3 is 0 Å². The molecule has 2 heterocycles. The van der Waals surface area contributed by atoms with Crippen LogP contribution in [-0.4, -0.2) is 11.6 Å². The van der Waals surface area contributed by atoms with Crippen molar-refractivity contribution in [2.75, 3.05) is 11.9 Å². The van der Waals surface area contributed by atoms with Gasteiger partial charge < -0.3 is 20.2 Å². The van der Waals surface area contributed by atoms with E-state index in [1.54, 1.807) is 0 Å². The molecule has 3 aromatic rings. The molecule has 1 aromatic heterocycles. The highest BCUT2D eigenvalue weighted by molar-refractivity contribution is 5.66. The standard InChI is InChI=1S/C21H18N4O2/c1-2-26-16-11-7-6-10-14(16)17-15(12-22)19(23)25-21-18(17)24-20(27-21)13-8-4-3-5-9-13/h3-11,17,25H,2,23H2,1H3. The minimum atomic E-state index is -0.463. The molecule has 134 valence electrons. The van der Waals surface area contributed by atoms with Crippen molar-refractivity contribution >= 4 is 5.88 Å². The number of nitriles is 1. The van der Waals surface area contributed by atoms with E-state index < -0.39 is 5.92 Å². The van der Waals surface area contributed by atoms with E-state index in [0.29, 0.717) is 35.4 Å². The van der Waals surface area contributed by atoms with E-state index in [1.807, 2.05) is 61.5 Å². The lowest BCUT2D eigenvalue weighted by atomic mass is 9.86. The van der Waals surface area contributed by atoms with Crippen LogP contribution in [0.5, 0.6) is 5.75 Å². The molecule has 1 aliphatic rings. The number of fused-ring (bicyclic) bond motifs is 1. The van der Waals surface area contributed by atoms with E-state index in [9.17, 15) is 5.26 Å². The molecule has 0 saturated carbocycles. The maximum atomic E-state index is 9.74. The van der Waals surface area contributed by atoms with Crippen LogP contribution in [0, 0.1) is 11.3 Å². The van der Waals surface area contributed by atoms with Crippen molar-refractivity contribution in [1.82, 2.24) is 4.98 Å². The van der Waals surface area contributed by atoms with Crippen LogP contribution in [0.3, 0.4) is 0 Å². The third-order valence-electron chi connectivity index (χ3n) is 4.42. The Balaban J connectivity index is 1.89. The number of hydrogen-bond donors (Lipinski definition) is 2. The molecule has 0 radical (unpaired) electrons. The zero-order valence-corrected chi connectivity index (χ0v) is 14.8. The Hall–Kier alpha value is -3.72. The number of nitrogens with one attached hydrogen (secondary N) is 1. The molecule has 0 saturated heterocycles. The summed E-state index contributed by atoms with van der Waals surface area (Å²) in [4.78, 5) is 4.69. The number of ether oxygens (including phenoxy) is 1. The number of oxazole rings is 1. The molecule has 27 heavy (non-hydrogen) atoms. The van der Waals surface area contributed by atoms with Gasteiger partial charge in [0.05, 0.1) is 24.2 Å². The number of anilines is 1. The van der Waals surface area contributed by atoms with E-state index >= 15 is 0 Å². The maximum Gasteiger partial charge on any atom is 0.229 e. The van der Waals surface area contributed by atoms with Crippen molar-refractivity contribution in [2.45, 2.75) is 12.8 Å². The van der Waals surface area contributed by atoms with E-state index in [-0.39, 0.29) is 5.82 Å². The van der Waals surface area contributed by atoms with Gasteiger partial charge in [-0.2, -0.15) is 5.26 Å². The molecule has 0 amide bonds. The molecule has 0 fully saturated rings. The molecular weight excluding hydrogens is 340 g/mol. The van der Waals surface area contributed by atoms with Gasteiger partial charge in [0.15, 0.2) is 0 Å². The molecule has 1 aliphatic heterocycles. The Morgan fingerprint density at radius 2 is 1.93 bits per heavy atom. The molecule has 6 nitrogen and oxygen atoms in total. The van der Waals surface area contributed by atoms with Gasteiger partial charge in [0.2, 0.25) is 11.8 Å². The van der Waals surface area contributed by atoms with Crippen molar-refractivity contribution in [1.29, 1.82) is 5.26 Å². The predicted octanol–water partition coefficient (Wildman–Crippen LogP) is 3.99. The summed E-state index contributed by atoms with van der Waals surface area (Å²) >= 11 is 0. The molecule has 0 aliphatic carbocycles. The first-order valence-corrected chi connectivity index (χ1v) is 8.67. The van der Waals surface area contributed by atoms with Crippen molar-refractivity contribution in [3.05, 3.63) is 77.2 Å². The Kier molecular flexibility index (Phi) is 4.27. The second-order valence-corrected chi connectivity index (χ2v) is 6.07. The molecule has 3 N–H and O–H groups in total. The van der Waals surface area contributed by atoms with Crippen LogP contribution in [0.4, 0.5) is 5.88 Å². The average molecular weight is 358 g/mol. The quantitative estimate of drug-likeness (QED) is 0.732. The summed E-state index contributed by atoms with van der Waals surface area (Å²) < 4.78 is 11.7. The number of aromatic nitrogens is 1. The molecule has 4 rings (SSSR count). The summed E-state index contributed by atoms with van der Waals surface area (Å²) in [5, 5.41) is 12.7. The summed E-state index contributed by atoms with van der Waals surface area (Å²) in [6.45, 7) is 2.44. The molecule has 0 spiro atoms. The largest absolute Gasteiger partial charge is 0.494 e. The Bertz CT molecular complexity index is 1050. The van der Waals surface area contributed by atoms with Crippen LogP contribution < -0.4 is 15.8 Å². The predicted molar refractivity (Wildman–Crippen MR) is 102 cm³/mol. The van der Waals surface area contributed by atoms with Gasteiger partial charge in [-0.3, -0.25) is 0 Å². The van der Waals surface area contributed by atoms with Crippen molar-refractivity contribution in [3.63, 3.8) is 0 Å². The number of hydrogen-bond acceptors (Lipinski definition) is 6. The summed E-state index contributed by atoms with van der Waals surface area (Å²) in [6, 6.07) is 19.4. The first-order valence-electron chi connectivity index (χ1n) is 8.67. The third kappa shape index (κ3) is 2.89. The molecule has 1 unspecified atom stereocenters. The summed E-state index contributed by atoms with van der Waals surface area (Å²) in [5.74, 6) is 1.41. The molecule has 6 heteroatoms. The van der Waals surface area contributed by atoms with E-state index in [2.05, 4.69) is 16.4 Å². The minimum absolute atomic E-state index is 0.261. The van der Waals surface area contributed by atoms with Crippen molar-refractivity contribution in [2.24, 2.45) is 5.73 Å². The second kappa shape index (κ2) is 6.89. The topological polar surface area (TPSA) is 97.1 Å². The Morgan fingerprint density at radius 3 is 2.67 bits per heavy atom. The summed E-state index contributed by atoms with van der Waals surface area (Å²) in [5.41, 5.74) is 8.81. The Morgan fingerprint density at radius 1 is 1.19 bits per heavy atom. The van der Waals surface area contributed by atoms with Gasteiger partial charge in [-0.1, -0.05) is 36.4 Å². The normalized spacial score (nSPS) is 15.6.